The number of nitrogens with two attached hydrogens (primary N) is 1. The van der Waals surface area contributed by atoms with Gasteiger partial charge in [-0.3, -0.25) is 4.79 Å². The highest BCUT2D eigenvalue weighted by molar-refractivity contribution is 7.89. The number of methoxy groups -OCH3 is 1. The van der Waals surface area contributed by atoms with Crippen molar-refractivity contribution in [2.75, 3.05) is 26.7 Å². The summed E-state index contributed by atoms with van der Waals surface area (Å²) < 4.78 is 32.5. The average Bonchev–Trinajstić information content (AvgIpc) is 2.66. The summed E-state index contributed by atoms with van der Waals surface area (Å²) in [7, 11) is -2.55. The first-order valence-electron chi connectivity index (χ1n) is 8.98. The number of carbonyl (C=O) groups is 2. The number of amides is 1. The Morgan fingerprint density at radius 2 is 2.07 bits per heavy atom. The molecule has 1 amide bonds. The molecule has 1 aliphatic rings. The fourth-order valence-corrected chi connectivity index (χ4v) is 4.89. The van der Waals surface area contributed by atoms with E-state index >= 15 is 0 Å². The molecule has 0 aromatic heterocycles. The number of carbonyl (C=O) groups excluding carboxylic acids is 2. The molecular weight excluding hydrogens is 370 g/mol. The van der Waals surface area contributed by atoms with E-state index < -0.39 is 16.0 Å². The zero-order valence-electron chi connectivity index (χ0n) is 15.7. The van der Waals surface area contributed by atoms with E-state index in [1.807, 2.05) is 0 Å². The maximum absolute atomic E-state index is 13.2. The predicted molar refractivity (Wildman–Crippen MR) is 101 cm³/mol. The summed E-state index contributed by atoms with van der Waals surface area (Å²) in [5, 5.41) is 2.76. The summed E-state index contributed by atoms with van der Waals surface area (Å²) in [6, 6.07) is 4.12. The number of nitrogens with one attached hydrogen (secondary N) is 1. The molecule has 1 aromatic carbocycles. The van der Waals surface area contributed by atoms with Gasteiger partial charge in [0, 0.05) is 32.1 Å². The van der Waals surface area contributed by atoms with Crippen LogP contribution in [0.4, 0.5) is 0 Å². The van der Waals surface area contributed by atoms with Crippen molar-refractivity contribution in [2.45, 2.75) is 43.5 Å². The Morgan fingerprint density at radius 1 is 1.33 bits per heavy atom. The highest BCUT2D eigenvalue weighted by Gasteiger charge is 2.34. The first kappa shape index (κ1) is 21.3. The van der Waals surface area contributed by atoms with Gasteiger partial charge >= 0.3 is 5.97 Å². The minimum Gasteiger partial charge on any atom is -0.465 e. The summed E-state index contributed by atoms with van der Waals surface area (Å²) in [4.78, 5) is 23.6. The molecule has 0 radical (unpaired) electrons. The largest absolute Gasteiger partial charge is 0.465 e. The van der Waals surface area contributed by atoms with Gasteiger partial charge in [-0.15, -0.1) is 0 Å². The van der Waals surface area contributed by atoms with Gasteiger partial charge in [0.15, 0.2) is 0 Å². The van der Waals surface area contributed by atoms with Gasteiger partial charge in [0.05, 0.1) is 17.6 Å². The molecule has 1 saturated heterocycles. The van der Waals surface area contributed by atoms with E-state index in [4.69, 9.17) is 10.5 Å². The number of piperidine rings is 1. The SMILES string of the molecule is COC(=O)c1cc(S(=O)(=O)N2CCCCC2CNC(=O)CCN)ccc1C. The summed E-state index contributed by atoms with van der Waals surface area (Å²) in [5.41, 5.74) is 6.24. The van der Waals surface area contributed by atoms with Crippen LogP contribution in [0.15, 0.2) is 23.1 Å². The molecule has 0 spiro atoms. The molecule has 1 aliphatic heterocycles. The quantitative estimate of drug-likeness (QED) is 0.657. The zero-order chi connectivity index (χ0) is 20.0. The Labute approximate surface area is 160 Å². The number of hydrogen-bond donors (Lipinski definition) is 2. The molecule has 8 nitrogen and oxygen atoms in total. The van der Waals surface area contributed by atoms with Crippen molar-refractivity contribution in [3.8, 4) is 0 Å². The van der Waals surface area contributed by atoms with E-state index in [9.17, 15) is 18.0 Å². The second kappa shape index (κ2) is 9.29. The molecule has 1 unspecified atom stereocenters. The van der Waals surface area contributed by atoms with Gasteiger partial charge in [-0.25, -0.2) is 13.2 Å². The van der Waals surface area contributed by atoms with Crippen molar-refractivity contribution in [3.63, 3.8) is 0 Å². The van der Waals surface area contributed by atoms with Gasteiger partial charge in [-0.1, -0.05) is 12.5 Å². The van der Waals surface area contributed by atoms with Crippen molar-refractivity contribution in [1.29, 1.82) is 0 Å². The molecule has 1 heterocycles. The molecule has 0 saturated carbocycles. The number of sulfonamides is 1. The lowest BCUT2D eigenvalue weighted by Gasteiger charge is -2.34. The van der Waals surface area contributed by atoms with Crippen molar-refractivity contribution in [1.82, 2.24) is 9.62 Å². The van der Waals surface area contributed by atoms with Gasteiger partial charge in [0.25, 0.3) is 0 Å². The van der Waals surface area contributed by atoms with E-state index in [0.29, 0.717) is 18.5 Å². The minimum absolute atomic E-state index is 0.0497. The second-order valence-corrected chi connectivity index (χ2v) is 8.47. The highest BCUT2D eigenvalue weighted by atomic mass is 32.2. The first-order valence-corrected chi connectivity index (χ1v) is 10.4. The molecule has 150 valence electrons. The normalized spacial score (nSPS) is 18.1. The minimum atomic E-state index is -3.80. The van der Waals surface area contributed by atoms with Gasteiger partial charge < -0.3 is 15.8 Å². The smallest absolute Gasteiger partial charge is 0.338 e. The maximum Gasteiger partial charge on any atom is 0.338 e. The number of ether oxygens (including phenoxy) is 1. The first-order chi connectivity index (χ1) is 12.8. The van der Waals surface area contributed by atoms with Crippen LogP contribution in [0.5, 0.6) is 0 Å². The molecule has 27 heavy (non-hydrogen) atoms. The van der Waals surface area contributed by atoms with Crippen molar-refractivity contribution in [3.05, 3.63) is 29.3 Å². The summed E-state index contributed by atoms with van der Waals surface area (Å²) in [5.74, 6) is -0.766. The Bertz CT molecular complexity index is 794. The Kier molecular flexibility index (Phi) is 7.34. The molecule has 0 bridgehead atoms. The van der Waals surface area contributed by atoms with Crippen molar-refractivity contribution >= 4 is 21.9 Å². The van der Waals surface area contributed by atoms with Crippen LogP contribution < -0.4 is 11.1 Å². The van der Waals surface area contributed by atoms with Gasteiger partial charge in [-0.2, -0.15) is 4.31 Å². The predicted octanol–water partition coefficient (Wildman–Crippen LogP) is 0.790. The van der Waals surface area contributed by atoms with Gasteiger partial charge in [0.1, 0.15) is 0 Å². The Balaban J connectivity index is 2.27. The van der Waals surface area contributed by atoms with Crippen LogP contribution in [-0.2, 0) is 19.6 Å². The lowest BCUT2D eigenvalue weighted by atomic mass is 10.1. The molecule has 1 atom stereocenters. The molecule has 3 N–H and O–H groups in total. The van der Waals surface area contributed by atoms with Crippen molar-refractivity contribution in [2.24, 2.45) is 5.73 Å². The van der Waals surface area contributed by atoms with Crippen LogP contribution in [0.2, 0.25) is 0 Å². The topological polar surface area (TPSA) is 119 Å². The molecule has 1 fully saturated rings. The average molecular weight is 397 g/mol. The summed E-state index contributed by atoms with van der Waals surface area (Å²) >= 11 is 0. The molecule has 9 heteroatoms. The highest BCUT2D eigenvalue weighted by Crippen LogP contribution is 2.26. The number of esters is 1. The maximum atomic E-state index is 13.2. The Hall–Kier alpha value is -1.97. The number of hydrogen-bond acceptors (Lipinski definition) is 6. The second-order valence-electron chi connectivity index (χ2n) is 6.58. The monoisotopic (exact) mass is 397 g/mol. The van der Waals surface area contributed by atoms with E-state index in [1.54, 1.807) is 13.0 Å². The van der Waals surface area contributed by atoms with Gasteiger partial charge in [-0.05, 0) is 37.5 Å². The van der Waals surface area contributed by atoms with E-state index in [1.165, 1.54) is 23.5 Å². The zero-order valence-corrected chi connectivity index (χ0v) is 16.5. The number of rotatable bonds is 7. The van der Waals surface area contributed by atoms with Crippen LogP contribution in [0.25, 0.3) is 0 Å². The Morgan fingerprint density at radius 3 is 2.74 bits per heavy atom. The van der Waals surface area contributed by atoms with Crippen LogP contribution in [0.1, 0.15) is 41.6 Å². The van der Waals surface area contributed by atoms with Crippen molar-refractivity contribution < 1.29 is 22.7 Å². The van der Waals surface area contributed by atoms with E-state index in [0.717, 1.165) is 12.8 Å². The number of nitrogens with zero attached hydrogens (tertiary/aromatic N) is 1. The molecular formula is C18H27N3O5S. The van der Waals surface area contributed by atoms with Crippen LogP contribution in [0, 0.1) is 6.92 Å². The fraction of sp³-hybridized carbons (Fsp3) is 0.556. The summed E-state index contributed by atoms with van der Waals surface area (Å²) in [6.45, 7) is 2.59. The van der Waals surface area contributed by atoms with Gasteiger partial charge in [0.2, 0.25) is 15.9 Å². The number of benzene rings is 1. The lowest BCUT2D eigenvalue weighted by molar-refractivity contribution is -0.121. The van der Waals surface area contributed by atoms with Crippen LogP contribution >= 0.6 is 0 Å². The third-order valence-electron chi connectivity index (χ3n) is 4.70. The fourth-order valence-electron chi connectivity index (χ4n) is 3.17. The van der Waals surface area contributed by atoms with E-state index in [2.05, 4.69) is 5.32 Å². The third-order valence-corrected chi connectivity index (χ3v) is 6.65. The van der Waals surface area contributed by atoms with Crippen LogP contribution in [-0.4, -0.2) is 57.4 Å². The number of aryl methyl sites for hydroxylation is 1. The third kappa shape index (κ3) is 5.06. The lowest BCUT2D eigenvalue weighted by Crippen LogP contribution is -2.49. The van der Waals surface area contributed by atoms with E-state index in [-0.39, 0.29) is 41.9 Å². The van der Waals surface area contributed by atoms with Crippen LogP contribution in [0.3, 0.4) is 0 Å². The molecule has 1 aromatic rings. The standard InChI is InChI=1S/C18H27N3O5S/c1-13-6-7-15(11-16(13)18(23)26-2)27(24,25)21-10-4-3-5-14(21)12-20-17(22)8-9-19/h6-7,11,14H,3-5,8-10,12,19H2,1-2H3,(H,20,22). The molecule has 0 aliphatic carbocycles. The summed E-state index contributed by atoms with van der Waals surface area (Å²) in [6.07, 6.45) is 2.52. The molecule has 2 rings (SSSR count).